The lowest BCUT2D eigenvalue weighted by molar-refractivity contribution is -0.131. The standard InChI is InChI=1S/C6H8O2.C5H17NOSi2/c1-2-3-4-5-6(7)8;1-9(7-8)5-3-2-4-6/h2-5H,1H3,(H,7,8);9H,2-6H2,1,8H3. The molecule has 1 unspecified atom stereocenters. The molecule has 0 rings (SSSR count). The smallest absolute Gasteiger partial charge is 0.328 e. The highest BCUT2D eigenvalue weighted by Gasteiger charge is 1.98. The van der Waals surface area contributed by atoms with Gasteiger partial charge in [0.2, 0.25) is 0 Å². The van der Waals surface area contributed by atoms with E-state index in [4.69, 9.17) is 15.0 Å². The zero-order chi connectivity index (χ0) is 13.5. The van der Waals surface area contributed by atoms with Gasteiger partial charge in [-0.25, -0.2) is 4.79 Å². The molecule has 0 bridgehead atoms. The highest BCUT2D eigenvalue weighted by Crippen LogP contribution is 1.99. The number of carboxylic acid groups (broad SMARTS) is 1. The summed E-state index contributed by atoms with van der Waals surface area (Å²) in [4.78, 5) is 9.75. The lowest BCUT2D eigenvalue weighted by Crippen LogP contribution is -2.11. The average Bonchev–Trinajstić information content (AvgIpc) is 2.30. The molecule has 0 spiro atoms. The molecule has 0 aromatic rings. The third kappa shape index (κ3) is 21.2. The first-order valence-electron chi connectivity index (χ1n) is 5.83. The fourth-order valence-corrected chi connectivity index (χ4v) is 2.75. The monoisotopic (exact) mass is 275 g/mol. The van der Waals surface area contributed by atoms with Crippen molar-refractivity contribution in [2.75, 3.05) is 6.54 Å². The summed E-state index contributed by atoms with van der Waals surface area (Å²) >= 11 is 0. The normalized spacial score (nSPS) is 12.6. The van der Waals surface area contributed by atoms with Crippen LogP contribution in [-0.4, -0.2) is 37.1 Å². The van der Waals surface area contributed by atoms with E-state index in [0.29, 0.717) is 0 Å². The van der Waals surface area contributed by atoms with Gasteiger partial charge >= 0.3 is 5.97 Å². The molecule has 0 aliphatic rings. The van der Waals surface area contributed by atoms with E-state index in [0.717, 1.165) is 23.1 Å². The van der Waals surface area contributed by atoms with Gasteiger partial charge in [0, 0.05) is 6.08 Å². The van der Waals surface area contributed by atoms with Gasteiger partial charge in [0.25, 0.3) is 0 Å². The van der Waals surface area contributed by atoms with Crippen molar-refractivity contribution in [3.05, 3.63) is 24.3 Å². The van der Waals surface area contributed by atoms with Crippen molar-refractivity contribution in [3.63, 3.8) is 0 Å². The Hall–Kier alpha value is -0.696. The SMILES string of the molecule is CC=CC=CC(=O)O.C[SiH](CCCCN)O[SiH3]. The predicted octanol–water partition coefficient (Wildman–Crippen LogP) is 0.579. The summed E-state index contributed by atoms with van der Waals surface area (Å²) in [5, 5.41) is 8.02. The minimum absolute atomic E-state index is 0.707. The largest absolute Gasteiger partial charge is 0.478 e. The first-order valence-corrected chi connectivity index (χ1v) is 9.09. The van der Waals surface area contributed by atoms with Crippen LogP contribution in [0.2, 0.25) is 12.6 Å². The third-order valence-corrected chi connectivity index (χ3v) is 6.45. The van der Waals surface area contributed by atoms with Crippen LogP contribution in [0.25, 0.3) is 0 Å². The van der Waals surface area contributed by atoms with Gasteiger partial charge in [-0.3, -0.25) is 0 Å². The summed E-state index contributed by atoms with van der Waals surface area (Å²) in [7, 11) is 0.215. The molecule has 0 saturated heterocycles. The summed E-state index contributed by atoms with van der Waals surface area (Å²) in [6.07, 6.45) is 8.42. The second-order valence-corrected chi connectivity index (χ2v) is 7.64. The zero-order valence-electron chi connectivity index (χ0n) is 11.1. The molecule has 0 saturated carbocycles. The molecule has 1 atom stereocenters. The Labute approximate surface area is 109 Å². The average molecular weight is 275 g/mol. The van der Waals surface area contributed by atoms with E-state index in [1.807, 2.05) is 6.92 Å². The maximum Gasteiger partial charge on any atom is 0.328 e. The molecule has 17 heavy (non-hydrogen) atoms. The fourth-order valence-electron chi connectivity index (χ4n) is 0.943. The topological polar surface area (TPSA) is 72.5 Å². The zero-order valence-corrected chi connectivity index (χ0v) is 14.2. The maximum atomic E-state index is 9.75. The van der Waals surface area contributed by atoms with Crippen LogP contribution in [0, 0.1) is 0 Å². The maximum absolute atomic E-state index is 9.75. The Morgan fingerprint density at radius 3 is 2.53 bits per heavy atom. The van der Waals surface area contributed by atoms with E-state index >= 15 is 0 Å². The molecule has 0 aliphatic heterocycles. The van der Waals surface area contributed by atoms with Crippen molar-refractivity contribution in [3.8, 4) is 0 Å². The Kier molecular flexibility index (Phi) is 16.8. The van der Waals surface area contributed by atoms with E-state index in [1.165, 1.54) is 25.0 Å². The highest BCUT2D eigenvalue weighted by atomic mass is 28.3. The molecular formula is C11H25NO3Si2. The number of allylic oxidation sites excluding steroid dienone is 3. The molecule has 100 valence electrons. The van der Waals surface area contributed by atoms with Crippen LogP contribution < -0.4 is 5.73 Å². The minimum atomic E-state index is -0.914. The lowest BCUT2D eigenvalue weighted by Gasteiger charge is -2.05. The van der Waals surface area contributed by atoms with Crippen molar-refractivity contribution in [1.29, 1.82) is 0 Å². The van der Waals surface area contributed by atoms with Gasteiger partial charge in [-0.05, 0) is 32.5 Å². The Morgan fingerprint density at radius 2 is 2.12 bits per heavy atom. The van der Waals surface area contributed by atoms with E-state index in [1.54, 1.807) is 12.2 Å². The summed E-state index contributed by atoms with van der Waals surface area (Å²) in [5.74, 6) is -0.914. The molecule has 0 aromatic carbocycles. The second-order valence-electron chi connectivity index (χ2n) is 3.55. The Morgan fingerprint density at radius 1 is 1.47 bits per heavy atom. The number of nitrogens with two attached hydrogens (primary N) is 1. The Balaban J connectivity index is 0. The fraction of sp³-hybridized carbons (Fsp3) is 0.545. The molecule has 0 aromatic heterocycles. The van der Waals surface area contributed by atoms with E-state index in [2.05, 4.69) is 6.55 Å². The van der Waals surface area contributed by atoms with Crippen molar-refractivity contribution < 1.29 is 14.0 Å². The molecule has 0 heterocycles. The number of carbonyl (C=O) groups is 1. The number of hydrogen-bond donors (Lipinski definition) is 2. The number of hydrogen-bond acceptors (Lipinski definition) is 3. The van der Waals surface area contributed by atoms with Gasteiger partial charge in [0.15, 0.2) is 9.04 Å². The molecule has 3 N–H and O–H groups in total. The molecule has 0 radical (unpaired) electrons. The van der Waals surface area contributed by atoms with Crippen molar-refractivity contribution in [2.24, 2.45) is 5.73 Å². The number of unbranched alkanes of at least 4 members (excludes halogenated alkanes) is 1. The molecular weight excluding hydrogens is 250 g/mol. The molecule has 0 amide bonds. The van der Waals surface area contributed by atoms with Crippen LogP contribution >= 0.6 is 0 Å². The summed E-state index contributed by atoms with van der Waals surface area (Å²) in [6.45, 7) is 4.91. The van der Waals surface area contributed by atoms with Crippen molar-refractivity contribution >= 4 is 25.5 Å². The third-order valence-electron chi connectivity index (χ3n) is 2.01. The van der Waals surface area contributed by atoms with Crippen LogP contribution in [-0.2, 0) is 8.91 Å². The quantitative estimate of drug-likeness (QED) is 0.308. The number of aliphatic carboxylic acids is 1. The van der Waals surface area contributed by atoms with Crippen molar-refractivity contribution in [2.45, 2.75) is 32.4 Å². The van der Waals surface area contributed by atoms with Crippen LogP contribution in [0.1, 0.15) is 19.8 Å². The van der Waals surface area contributed by atoms with Crippen molar-refractivity contribution in [1.82, 2.24) is 0 Å². The first kappa shape index (κ1) is 18.7. The van der Waals surface area contributed by atoms with Gasteiger partial charge in [0.05, 0.1) is 0 Å². The molecule has 0 aliphatic carbocycles. The summed E-state index contributed by atoms with van der Waals surface area (Å²) in [6, 6.07) is 1.31. The summed E-state index contributed by atoms with van der Waals surface area (Å²) < 4.78 is 5.33. The van der Waals surface area contributed by atoms with E-state index in [-0.39, 0.29) is 0 Å². The summed E-state index contributed by atoms with van der Waals surface area (Å²) in [5.41, 5.74) is 5.34. The first-order chi connectivity index (χ1) is 8.08. The Bertz CT molecular complexity index is 233. The second kappa shape index (κ2) is 15.3. The predicted molar refractivity (Wildman–Crippen MR) is 78.7 cm³/mol. The van der Waals surface area contributed by atoms with Crippen LogP contribution in [0.5, 0.6) is 0 Å². The molecule has 4 nitrogen and oxygen atoms in total. The van der Waals surface area contributed by atoms with Crippen LogP contribution in [0.3, 0.4) is 0 Å². The highest BCUT2D eigenvalue weighted by molar-refractivity contribution is 6.54. The van der Waals surface area contributed by atoms with Gasteiger partial charge < -0.3 is 15.0 Å². The van der Waals surface area contributed by atoms with Gasteiger partial charge in [0.1, 0.15) is 10.5 Å². The van der Waals surface area contributed by atoms with E-state index in [9.17, 15) is 4.79 Å². The van der Waals surface area contributed by atoms with Gasteiger partial charge in [-0.1, -0.05) is 24.6 Å². The number of rotatable bonds is 7. The van der Waals surface area contributed by atoms with Gasteiger partial charge in [-0.15, -0.1) is 0 Å². The number of carboxylic acids is 1. The van der Waals surface area contributed by atoms with Gasteiger partial charge in [-0.2, -0.15) is 0 Å². The van der Waals surface area contributed by atoms with E-state index < -0.39 is 15.0 Å². The molecule has 0 fully saturated rings. The molecule has 6 heteroatoms. The van der Waals surface area contributed by atoms with Crippen LogP contribution in [0.4, 0.5) is 0 Å². The minimum Gasteiger partial charge on any atom is -0.478 e. The lowest BCUT2D eigenvalue weighted by atomic mass is 10.3. The van der Waals surface area contributed by atoms with Crippen LogP contribution in [0.15, 0.2) is 24.3 Å².